The van der Waals surface area contributed by atoms with Crippen LogP contribution in [-0.2, 0) is 26.2 Å². The molecule has 0 aliphatic rings. The molecule has 0 saturated carbocycles. The summed E-state index contributed by atoms with van der Waals surface area (Å²) in [7, 11) is -4.33. The van der Waals surface area contributed by atoms with Gasteiger partial charge in [0, 0.05) is 18.7 Å². The van der Waals surface area contributed by atoms with Crippen LogP contribution in [0.1, 0.15) is 32.3 Å². The van der Waals surface area contributed by atoms with E-state index in [4.69, 9.17) is 11.6 Å². The van der Waals surface area contributed by atoms with Crippen LogP contribution >= 0.6 is 11.6 Å². The van der Waals surface area contributed by atoms with Gasteiger partial charge in [0.1, 0.15) is 24.2 Å². The Morgan fingerprint density at radius 1 is 0.974 bits per heavy atom. The lowest BCUT2D eigenvalue weighted by Crippen LogP contribution is -2.51. The van der Waals surface area contributed by atoms with Crippen LogP contribution in [0.15, 0.2) is 77.7 Å². The predicted molar refractivity (Wildman–Crippen MR) is 147 cm³/mol. The molecule has 3 aromatic rings. The molecule has 39 heavy (non-hydrogen) atoms. The standard InChI is InChI=1S/C28H30ClF2N3O4S/c1-3-4-16-32-28(36)20(2)33(18-21-10-8-9-13-25(21)30)27(35)19-34(22-14-15-26(31)24(29)17-22)39(37,38)23-11-6-5-7-12-23/h5-15,17,20H,3-4,16,18-19H2,1-2H3,(H,32,36). The topological polar surface area (TPSA) is 86.8 Å². The fourth-order valence-corrected chi connectivity index (χ4v) is 5.42. The lowest BCUT2D eigenvalue weighted by atomic mass is 10.1. The van der Waals surface area contributed by atoms with Gasteiger partial charge in [0.15, 0.2) is 0 Å². The molecule has 3 aromatic carbocycles. The zero-order valence-electron chi connectivity index (χ0n) is 21.6. The largest absolute Gasteiger partial charge is 0.354 e. The molecule has 0 fully saturated rings. The van der Waals surface area contributed by atoms with E-state index in [2.05, 4.69) is 5.32 Å². The summed E-state index contributed by atoms with van der Waals surface area (Å²) in [6, 6.07) is 15.5. The molecule has 0 radical (unpaired) electrons. The Kier molecular flexibility index (Phi) is 10.4. The van der Waals surface area contributed by atoms with Crippen LogP contribution in [0.4, 0.5) is 14.5 Å². The minimum Gasteiger partial charge on any atom is -0.354 e. The van der Waals surface area contributed by atoms with Gasteiger partial charge in [-0.05, 0) is 49.7 Å². The molecular formula is C28H30ClF2N3O4S. The van der Waals surface area contributed by atoms with Crippen molar-refractivity contribution in [2.24, 2.45) is 0 Å². The van der Waals surface area contributed by atoms with Crippen LogP contribution in [0, 0.1) is 11.6 Å². The van der Waals surface area contributed by atoms with E-state index in [-0.39, 0.29) is 27.7 Å². The minimum atomic E-state index is -4.33. The third kappa shape index (κ3) is 7.54. The summed E-state index contributed by atoms with van der Waals surface area (Å²) in [4.78, 5) is 27.7. The van der Waals surface area contributed by atoms with Crippen LogP contribution in [0.25, 0.3) is 0 Å². The van der Waals surface area contributed by atoms with Crippen molar-refractivity contribution in [3.63, 3.8) is 0 Å². The van der Waals surface area contributed by atoms with E-state index < -0.39 is 46.1 Å². The molecule has 2 amide bonds. The Hall–Kier alpha value is -3.50. The average Bonchev–Trinajstić information content (AvgIpc) is 2.92. The Balaban J connectivity index is 2.02. The number of hydrogen-bond acceptors (Lipinski definition) is 4. The first kappa shape index (κ1) is 30.0. The lowest BCUT2D eigenvalue weighted by molar-refractivity contribution is -0.139. The number of sulfonamides is 1. The second kappa shape index (κ2) is 13.5. The van der Waals surface area contributed by atoms with Gasteiger partial charge in [-0.1, -0.05) is 61.3 Å². The summed E-state index contributed by atoms with van der Waals surface area (Å²) in [5.41, 5.74) is 0.103. The summed E-state index contributed by atoms with van der Waals surface area (Å²) in [5, 5.41) is 2.42. The maximum absolute atomic E-state index is 14.6. The molecule has 0 aliphatic carbocycles. The monoisotopic (exact) mass is 577 g/mol. The highest BCUT2D eigenvalue weighted by atomic mass is 35.5. The van der Waals surface area contributed by atoms with Gasteiger partial charge >= 0.3 is 0 Å². The molecule has 0 aliphatic heterocycles. The van der Waals surface area contributed by atoms with E-state index in [1.807, 2.05) is 6.92 Å². The van der Waals surface area contributed by atoms with Crippen molar-refractivity contribution in [2.75, 3.05) is 17.4 Å². The maximum Gasteiger partial charge on any atom is 0.264 e. The highest BCUT2D eigenvalue weighted by Gasteiger charge is 2.33. The number of nitrogens with zero attached hydrogens (tertiary/aromatic N) is 2. The highest BCUT2D eigenvalue weighted by Crippen LogP contribution is 2.28. The Morgan fingerprint density at radius 3 is 2.28 bits per heavy atom. The number of halogens is 3. The molecule has 7 nitrogen and oxygen atoms in total. The first-order chi connectivity index (χ1) is 18.6. The summed E-state index contributed by atoms with van der Waals surface area (Å²) >= 11 is 5.94. The second-order valence-electron chi connectivity index (χ2n) is 8.86. The van der Waals surface area contributed by atoms with E-state index in [9.17, 15) is 26.8 Å². The van der Waals surface area contributed by atoms with Crippen molar-refractivity contribution in [1.29, 1.82) is 0 Å². The van der Waals surface area contributed by atoms with Gasteiger partial charge in [0.2, 0.25) is 11.8 Å². The van der Waals surface area contributed by atoms with Crippen LogP contribution in [0.2, 0.25) is 5.02 Å². The summed E-state index contributed by atoms with van der Waals surface area (Å²) in [6.45, 7) is 2.82. The zero-order chi connectivity index (χ0) is 28.6. The predicted octanol–water partition coefficient (Wildman–Crippen LogP) is 5.15. The SMILES string of the molecule is CCCCNC(=O)C(C)N(Cc1ccccc1F)C(=O)CN(c1ccc(F)c(Cl)c1)S(=O)(=O)c1ccccc1. The van der Waals surface area contributed by atoms with Gasteiger partial charge < -0.3 is 10.2 Å². The van der Waals surface area contributed by atoms with Gasteiger partial charge in [0.05, 0.1) is 15.6 Å². The third-order valence-electron chi connectivity index (χ3n) is 6.10. The molecule has 1 N–H and O–H groups in total. The first-order valence-corrected chi connectivity index (χ1v) is 14.2. The van der Waals surface area contributed by atoms with Crippen molar-refractivity contribution in [3.8, 4) is 0 Å². The first-order valence-electron chi connectivity index (χ1n) is 12.4. The number of amides is 2. The molecule has 1 atom stereocenters. The fraction of sp³-hybridized carbons (Fsp3) is 0.286. The minimum absolute atomic E-state index is 0.0514. The van der Waals surface area contributed by atoms with Crippen molar-refractivity contribution in [2.45, 2.75) is 44.2 Å². The number of nitrogens with one attached hydrogen (secondary N) is 1. The van der Waals surface area contributed by atoms with E-state index in [0.717, 1.165) is 34.2 Å². The molecule has 11 heteroatoms. The van der Waals surface area contributed by atoms with Gasteiger partial charge in [-0.25, -0.2) is 17.2 Å². The van der Waals surface area contributed by atoms with E-state index in [1.54, 1.807) is 12.1 Å². The molecule has 0 saturated heterocycles. The van der Waals surface area contributed by atoms with E-state index in [1.165, 1.54) is 55.5 Å². The van der Waals surface area contributed by atoms with Gasteiger partial charge in [-0.2, -0.15) is 0 Å². The lowest BCUT2D eigenvalue weighted by Gasteiger charge is -2.32. The molecule has 208 valence electrons. The number of unbranched alkanes of at least 4 members (excludes halogenated alkanes) is 1. The summed E-state index contributed by atoms with van der Waals surface area (Å²) < 4.78 is 56.6. The summed E-state index contributed by atoms with van der Waals surface area (Å²) in [6.07, 6.45) is 1.58. The maximum atomic E-state index is 14.6. The van der Waals surface area contributed by atoms with Crippen molar-refractivity contribution >= 4 is 39.1 Å². The van der Waals surface area contributed by atoms with E-state index in [0.29, 0.717) is 6.54 Å². The molecule has 0 spiro atoms. The van der Waals surface area contributed by atoms with Crippen LogP contribution in [0.3, 0.4) is 0 Å². The van der Waals surface area contributed by atoms with E-state index >= 15 is 0 Å². The van der Waals surface area contributed by atoms with Gasteiger partial charge in [-0.15, -0.1) is 0 Å². The number of rotatable bonds is 12. The van der Waals surface area contributed by atoms with Crippen LogP contribution in [0.5, 0.6) is 0 Å². The number of hydrogen-bond donors (Lipinski definition) is 1. The zero-order valence-corrected chi connectivity index (χ0v) is 23.2. The Bertz CT molecular complexity index is 1410. The molecule has 0 aromatic heterocycles. The molecular weight excluding hydrogens is 548 g/mol. The number of carbonyl (C=O) groups excluding carboxylic acids is 2. The van der Waals surface area contributed by atoms with Gasteiger partial charge in [0.25, 0.3) is 10.0 Å². The fourth-order valence-electron chi connectivity index (χ4n) is 3.82. The normalized spacial score (nSPS) is 12.0. The number of anilines is 1. The van der Waals surface area contributed by atoms with Crippen LogP contribution in [-0.4, -0.2) is 44.3 Å². The Labute approximate surface area is 232 Å². The third-order valence-corrected chi connectivity index (χ3v) is 8.17. The Morgan fingerprint density at radius 2 is 1.64 bits per heavy atom. The number of benzene rings is 3. The smallest absolute Gasteiger partial charge is 0.264 e. The average molecular weight is 578 g/mol. The highest BCUT2D eigenvalue weighted by molar-refractivity contribution is 7.92. The molecule has 0 bridgehead atoms. The second-order valence-corrected chi connectivity index (χ2v) is 11.1. The molecule has 1 unspecified atom stereocenters. The van der Waals surface area contributed by atoms with Gasteiger partial charge in [-0.3, -0.25) is 13.9 Å². The summed E-state index contributed by atoms with van der Waals surface area (Å²) in [5.74, 6) is -2.57. The quantitative estimate of drug-likeness (QED) is 0.302. The van der Waals surface area contributed by atoms with Crippen molar-refractivity contribution in [1.82, 2.24) is 10.2 Å². The van der Waals surface area contributed by atoms with Crippen molar-refractivity contribution < 1.29 is 26.8 Å². The van der Waals surface area contributed by atoms with Crippen LogP contribution < -0.4 is 9.62 Å². The molecule has 0 heterocycles. The number of carbonyl (C=O) groups is 2. The van der Waals surface area contributed by atoms with Crippen molar-refractivity contribution in [3.05, 3.63) is 95.0 Å². The molecule has 3 rings (SSSR count).